The van der Waals surface area contributed by atoms with E-state index >= 15 is 0 Å². The fraction of sp³-hybridized carbons (Fsp3) is 0.400. The van der Waals surface area contributed by atoms with Crippen molar-refractivity contribution in [1.29, 1.82) is 0 Å². The summed E-state index contributed by atoms with van der Waals surface area (Å²) in [6.45, 7) is 6.36. The smallest absolute Gasteiger partial charge is 0.0743 e. The van der Waals surface area contributed by atoms with Crippen LogP contribution in [-0.2, 0) is 11.3 Å². The van der Waals surface area contributed by atoms with E-state index in [9.17, 15) is 0 Å². The van der Waals surface area contributed by atoms with Gasteiger partial charge in [0.15, 0.2) is 0 Å². The second kappa shape index (κ2) is 7.54. The second-order valence-corrected chi connectivity index (χ2v) is 6.55. The molecule has 0 unspecified atom stereocenters. The Morgan fingerprint density at radius 3 is 2.67 bits per heavy atom. The molecular formula is C15H19Br2N3O. The van der Waals surface area contributed by atoms with Crippen LogP contribution in [-0.4, -0.2) is 30.0 Å². The topological polar surface area (TPSA) is 39.1 Å². The molecule has 1 heterocycles. The van der Waals surface area contributed by atoms with Gasteiger partial charge in [-0.15, -0.1) is 0 Å². The Morgan fingerprint density at radius 1 is 1.29 bits per heavy atom. The second-order valence-electron chi connectivity index (χ2n) is 4.84. The van der Waals surface area contributed by atoms with E-state index in [-0.39, 0.29) is 0 Å². The maximum absolute atomic E-state index is 5.06. The predicted molar refractivity (Wildman–Crippen MR) is 92.0 cm³/mol. The summed E-state index contributed by atoms with van der Waals surface area (Å²) in [4.78, 5) is 0. The number of hydrogen-bond donors (Lipinski definition) is 1. The lowest BCUT2D eigenvalue weighted by atomic mass is 10.1. The van der Waals surface area contributed by atoms with Crippen LogP contribution in [0.25, 0.3) is 5.69 Å². The molecule has 0 aliphatic carbocycles. The molecule has 0 spiro atoms. The van der Waals surface area contributed by atoms with Gasteiger partial charge in [-0.3, -0.25) is 0 Å². The molecule has 2 aromatic rings. The quantitative estimate of drug-likeness (QED) is 0.728. The molecule has 1 aromatic heterocycles. The Labute approximate surface area is 142 Å². The van der Waals surface area contributed by atoms with Crippen molar-refractivity contribution in [3.63, 3.8) is 0 Å². The number of nitrogens with one attached hydrogen (secondary N) is 1. The fourth-order valence-electron chi connectivity index (χ4n) is 2.16. The SMILES string of the molecule is COCCNCc1cc(Br)ccc1-n1nc(C)c(Br)c1C. The summed E-state index contributed by atoms with van der Waals surface area (Å²) in [6.07, 6.45) is 0. The van der Waals surface area contributed by atoms with Gasteiger partial charge in [0.25, 0.3) is 0 Å². The van der Waals surface area contributed by atoms with E-state index in [0.717, 1.165) is 39.1 Å². The predicted octanol–water partition coefficient (Wildman–Crippen LogP) is 3.75. The van der Waals surface area contributed by atoms with Crippen LogP contribution in [0, 0.1) is 13.8 Å². The van der Waals surface area contributed by atoms with Crippen molar-refractivity contribution in [3.8, 4) is 5.69 Å². The van der Waals surface area contributed by atoms with E-state index in [1.54, 1.807) is 7.11 Å². The molecule has 0 amide bonds. The molecule has 6 heteroatoms. The molecule has 1 aromatic carbocycles. The highest BCUT2D eigenvalue weighted by Gasteiger charge is 2.13. The van der Waals surface area contributed by atoms with Crippen molar-refractivity contribution in [2.24, 2.45) is 0 Å². The van der Waals surface area contributed by atoms with E-state index in [2.05, 4.69) is 61.3 Å². The summed E-state index contributed by atoms with van der Waals surface area (Å²) in [6, 6.07) is 6.25. The number of benzene rings is 1. The molecule has 2 rings (SSSR count). The van der Waals surface area contributed by atoms with Crippen molar-refractivity contribution in [2.75, 3.05) is 20.3 Å². The molecule has 0 aliphatic rings. The number of rotatable bonds is 6. The molecular weight excluding hydrogens is 398 g/mol. The van der Waals surface area contributed by atoms with Crippen LogP contribution >= 0.6 is 31.9 Å². The Kier molecular flexibility index (Phi) is 5.98. The number of ether oxygens (including phenoxy) is 1. The summed E-state index contributed by atoms with van der Waals surface area (Å²) >= 11 is 7.12. The summed E-state index contributed by atoms with van der Waals surface area (Å²) in [7, 11) is 1.71. The van der Waals surface area contributed by atoms with Crippen LogP contribution in [0.3, 0.4) is 0 Å². The van der Waals surface area contributed by atoms with Crippen LogP contribution in [0.15, 0.2) is 27.1 Å². The van der Waals surface area contributed by atoms with Gasteiger partial charge in [0.05, 0.1) is 28.2 Å². The standard InChI is InChI=1S/C15H19Br2N3O/c1-10-15(17)11(2)20(19-10)14-5-4-13(16)8-12(14)9-18-6-7-21-3/h4-5,8,18H,6-7,9H2,1-3H3. The van der Waals surface area contributed by atoms with Gasteiger partial charge in [0.1, 0.15) is 0 Å². The molecule has 4 nitrogen and oxygen atoms in total. The van der Waals surface area contributed by atoms with E-state index < -0.39 is 0 Å². The zero-order valence-corrected chi connectivity index (χ0v) is 15.6. The monoisotopic (exact) mass is 415 g/mol. The largest absolute Gasteiger partial charge is 0.383 e. The molecule has 0 radical (unpaired) electrons. The number of methoxy groups -OCH3 is 1. The van der Waals surface area contributed by atoms with Gasteiger partial charge < -0.3 is 10.1 Å². The lowest BCUT2D eigenvalue weighted by molar-refractivity contribution is 0.199. The molecule has 0 fully saturated rings. The molecule has 0 aliphatic heterocycles. The van der Waals surface area contributed by atoms with Gasteiger partial charge >= 0.3 is 0 Å². The number of aromatic nitrogens is 2. The normalized spacial score (nSPS) is 11.1. The van der Waals surface area contributed by atoms with Crippen LogP contribution < -0.4 is 5.32 Å². The van der Waals surface area contributed by atoms with Gasteiger partial charge in [-0.05, 0) is 53.5 Å². The first-order chi connectivity index (χ1) is 10.0. The minimum absolute atomic E-state index is 0.703. The first-order valence-corrected chi connectivity index (χ1v) is 8.33. The maximum atomic E-state index is 5.06. The van der Waals surface area contributed by atoms with Crippen LogP contribution in [0.5, 0.6) is 0 Å². The maximum Gasteiger partial charge on any atom is 0.0743 e. The Hall–Kier alpha value is -0.690. The van der Waals surface area contributed by atoms with E-state index in [0.29, 0.717) is 6.61 Å². The summed E-state index contributed by atoms with van der Waals surface area (Å²) in [5.74, 6) is 0. The lowest BCUT2D eigenvalue weighted by Gasteiger charge is -2.13. The third-order valence-electron chi connectivity index (χ3n) is 3.27. The van der Waals surface area contributed by atoms with Crippen molar-refractivity contribution in [3.05, 3.63) is 44.1 Å². The zero-order chi connectivity index (χ0) is 15.4. The third kappa shape index (κ3) is 3.94. The first kappa shape index (κ1) is 16.7. The fourth-order valence-corrected chi connectivity index (χ4v) is 2.81. The van der Waals surface area contributed by atoms with E-state index in [1.165, 1.54) is 5.56 Å². The average Bonchev–Trinajstić information content (AvgIpc) is 2.71. The minimum atomic E-state index is 0.703. The summed E-state index contributed by atoms with van der Waals surface area (Å²) < 4.78 is 9.17. The van der Waals surface area contributed by atoms with Crippen LogP contribution in [0.2, 0.25) is 0 Å². The number of halogens is 2. The average molecular weight is 417 g/mol. The first-order valence-electron chi connectivity index (χ1n) is 6.74. The van der Waals surface area contributed by atoms with Crippen molar-refractivity contribution in [2.45, 2.75) is 20.4 Å². The van der Waals surface area contributed by atoms with Gasteiger partial charge in [0, 0.05) is 24.7 Å². The van der Waals surface area contributed by atoms with Crippen molar-refractivity contribution in [1.82, 2.24) is 15.1 Å². The zero-order valence-electron chi connectivity index (χ0n) is 12.4. The molecule has 21 heavy (non-hydrogen) atoms. The number of hydrogen-bond acceptors (Lipinski definition) is 3. The molecule has 0 saturated carbocycles. The summed E-state index contributed by atoms with van der Waals surface area (Å²) in [5, 5.41) is 8.00. The van der Waals surface area contributed by atoms with Crippen molar-refractivity contribution >= 4 is 31.9 Å². The van der Waals surface area contributed by atoms with Crippen molar-refractivity contribution < 1.29 is 4.74 Å². The highest BCUT2D eigenvalue weighted by molar-refractivity contribution is 9.10. The van der Waals surface area contributed by atoms with Gasteiger partial charge in [-0.1, -0.05) is 15.9 Å². The van der Waals surface area contributed by atoms with Gasteiger partial charge in [-0.25, -0.2) is 4.68 Å². The number of aryl methyl sites for hydroxylation is 1. The van der Waals surface area contributed by atoms with Crippen LogP contribution in [0.1, 0.15) is 17.0 Å². The Bertz CT molecular complexity index is 626. The highest BCUT2D eigenvalue weighted by atomic mass is 79.9. The third-order valence-corrected chi connectivity index (χ3v) is 4.91. The molecule has 114 valence electrons. The Morgan fingerprint density at radius 2 is 2.05 bits per heavy atom. The van der Waals surface area contributed by atoms with Gasteiger partial charge in [-0.2, -0.15) is 5.10 Å². The highest BCUT2D eigenvalue weighted by Crippen LogP contribution is 2.26. The molecule has 0 atom stereocenters. The molecule has 1 N–H and O–H groups in total. The van der Waals surface area contributed by atoms with Gasteiger partial charge in [0.2, 0.25) is 0 Å². The lowest BCUT2D eigenvalue weighted by Crippen LogP contribution is -2.20. The summed E-state index contributed by atoms with van der Waals surface area (Å²) in [5.41, 5.74) is 4.38. The van der Waals surface area contributed by atoms with E-state index in [4.69, 9.17) is 4.74 Å². The van der Waals surface area contributed by atoms with Crippen LogP contribution in [0.4, 0.5) is 0 Å². The molecule has 0 bridgehead atoms. The minimum Gasteiger partial charge on any atom is -0.383 e. The number of nitrogens with zero attached hydrogens (tertiary/aromatic N) is 2. The molecule has 0 saturated heterocycles. The Balaban J connectivity index is 2.32. The van der Waals surface area contributed by atoms with E-state index in [1.807, 2.05) is 17.7 Å².